The summed E-state index contributed by atoms with van der Waals surface area (Å²) in [4.78, 5) is 21.6. The van der Waals surface area contributed by atoms with E-state index in [1.165, 1.54) is 0 Å². The van der Waals surface area contributed by atoms with E-state index >= 15 is 0 Å². The fourth-order valence-corrected chi connectivity index (χ4v) is 4.19. The highest BCUT2D eigenvalue weighted by Crippen LogP contribution is 2.40. The van der Waals surface area contributed by atoms with Crippen LogP contribution in [0.25, 0.3) is 0 Å². The van der Waals surface area contributed by atoms with Crippen molar-refractivity contribution < 1.29 is 14.3 Å². The van der Waals surface area contributed by atoms with Gasteiger partial charge in [-0.25, -0.2) is 0 Å². The summed E-state index contributed by atoms with van der Waals surface area (Å²) in [5, 5.41) is 3.38. The Hall–Kier alpha value is -1.71. The number of hydrogen-bond acceptors (Lipinski definition) is 4. The van der Waals surface area contributed by atoms with E-state index in [4.69, 9.17) is 14.5 Å². The molecule has 1 aromatic carbocycles. The number of aliphatic imine (C=N–C) groups is 1. The predicted molar refractivity (Wildman–Crippen MR) is 137 cm³/mol. The summed E-state index contributed by atoms with van der Waals surface area (Å²) in [5.74, 6) is 2.45. The SMILES string of the molecule is CCNC(=NCC1(C(=O)N(C)C)CCCC1)N(C)Cc1cc(OC)c(OC)cc1C.I. The number of rotatable bonds is 8. The molecule has 0 radical (unpaired) electrons. The minimum atomic E-state index is -0.371. The second-order valence-corrected chi connectivity index (χ2v) is 8.35. The Balaban J connectivity index is 0.00000480. The first kappa shape index (κ1) is 27.3. The highest BCUT2D eigenvalue weighted by molar-refractivity contribution is 14.0. The summed E-state index contributed by atoms with van der Waals surface area (Å²) < 4.78 is 10.9. The van der Waals surface area contributed by atoms with Crippen molar-refractivity contribution in [2.45, 2.75) is 46.1 Å². The lowest BCUT2D eigenvalue weighted by Gasteiger charge is -2.30. The van der Waals surface area contributed by atoms with E-state index in [1.54, 1.807) is 19.1 Å². The molecule has 31 heavy (non-hydrogen) atoms. The molecule has 2 rings (SSSR count). The molecule has 0 heterocycles. The first-order valence-corrected chi connectivity index (χ1v) is 10.7. The normalized spacial score (nSPS) is 15.1. The Kier molecular flexibility index (Phi) is 10.9. The van der Waals surface area contributed by atoms with Gasteiger partial charge in [-0.2, -0.15) is 0 Å². The molecule has 1 fully saturated rings. The molecular weight excluding hydrogens is 507 g/mol. The molecule has 1 aromatic rings. The number of amides is 1. The number of carbonyl (C=O) groups is 1. The van der Waals surface area contributed by atoms with Crippen molar-refractivity contribution >= 4 is 35.8 Å². The minimum Gasteiger partial charge on any atom is -0.493 e. The molecular formula is C23H39IN4O3. The van der Waals surface area contributed by atoms with E-state index < -0.39 is 0 Å². The highest BCUT2D eigenvalue weighted by atomic mass is 127. The Morgan fingerprint density at radius 1 is 1.13 bits per heavy atom. The molecule has 1 amide bonds. The minimum absolute atomic E-state index is 0. The molecule has 176 valence electrons. The zero-order chi connectivity index (χ0) is 22.3. The smallest absolute Gasteiger partial charge is 0.230 e. The third-order valence-corrected chi connectivity index (χ3v) is 5.90. The van der Waals surface area contributed by atoms with E-state index in [0.29, 0.717) is 13.1 Å². The van der Waals surface area contributed by atoms with Crippen LogP contribution >= 0.6 is 24.0 Å². The van der Waals surface area contributed by atoms with Gasteiger partial charge in [-0.15, -0.1) is 24.0 Å². The van der Waals surface area contributed by atoms with E-state index in [9.17, 15) is 4.79 Å². The molecule has 0 aromatic heterocycles. The summed E-state index contributed by atoms with van der Waals surface area (Å²) in [6.45, 7) is 6.08. The molecule has 1 N–H and O–H groups in total. The number of hydrogen-bond donors (Lipinski definition) is 1. The number of carbonyl (C=O) groups excluding carboxylic acids is 1. The first-order chi connectivity index (χ1) is 14.3. The van der Waals surface area contributed by atoms with E-state index in [0.717, 1.165) is 60.8 Å². The van der Waals surface area contributed by atoms with Crippen LogP contribution in [0.1, 0.15) is 43.7 Å². The Morgan fingerprint density at radius 2 is 1.71 bits per heavy atom. The van der Waals surface area contributed by atoms with Gasteiger partial charge in [0.1, 0.15) is 0 Å². The summed E-state index contributed by atoms with van der Waals surface area (Å²) in [7, 11) is 8.99. The second-order valence-electron chi connectivity index (χ2n) is 8.35. The molecule has 7 nitrogen and oxygen atoms in total. The number of guanidine groups is 1. The van der Waals surface area contributed by atoms with E-state index in [2.05, 4.69) is 24.1 Å². The second kappa shape index (κ2) is 12.4. The Morgan fingerprint density at radius 3 is 2.23 bits per heavy atom. The number of methoxy groups -OCH3 is 2. The van der Waals surface area contributed by atoms with Crippen LogP contribution in [0.5, 0.6) is 11.5 Å². The lowest BCUT2D eigenvalue weighted by Crippen LogP contribution is -2.43. The van der Waals surface area contributed by atoms with Gasteiger partial charge >= 0.3 is 0 Å². The van der Waals surface area contributed by atoms with Crippen molar-refractivity contribution in [2.75, 3.05) is 48.5 Å². The molecule has 1 aliphatic rings. The number of ether oxygens (including phenoxy) is 2. The third-order valence-electron chi connectivity index (χ3n) is 5.90. The summed E-state index contributed by atoms with van der Waals surface area (Å²) in [6.07, 6.45) is 4.00. The van der Waals surface area contributed by atoms with Gasteiger partial charge in [0, 0.05) is 34.2 Å². The summed E-state index contributed by atoms with van der Waals surface area (Å²) >= 11 is 0. The largest absolute Gasteiger partial charge is 0.493 e. The van der Waals surface area contributed by atoms with Crippen LogP contribution in [0, 0.1) is 12.3 Å². The highest BCUT2D eigenvalue weighted by Gasteiger charge is 2.42. The van der Waals surface area contributed by atoms with E-state index in [1.807, 2.05) is 33.3 Å². The molecule has 1 saturated carbocycles. The van der Waals surface area contributed by atoms with Gasteiger partial charge in [-0.1, -0.05) is 12.8 Å². The lowest BCUT2D eigenvalue weighted by atomic mass is 9.85. The van der Waals surface area contributed by atoms with Crippen LogP contribution in [0.2, 0.25) is 0 Å². The number of aryl methyl sites for hydroxylation is 1. The van der Waals surface area contributed by atoms with Crippen LogP contribution in [0.3, 0.4) is 0 Å². The zero-order valence-corrected chi connectivity index (χ0v) is 22.4. The molecule has 0 saturated heterocycles. The van der Waals surface area contributed by atoms with Crippen molar-refractivity contribution in [1.29, 1.82) is 0 Å². The average molecular weight is 546 g/mol. The number of benzene rings is 1. The maximum Gasteiger partial charge on any atom is 0.230 e. The van der Waals surface area contributed by atoms with Crippen molar-refractivity contribution in [3.63, 3.8) is 0 Å². The van der Waals surface area contributed by atoms with Gasteiger partial charge in [0.05, 0.1) is 26.2 Å². The van der Waals surface area contributed by atoms with Crippen molar-refractivity contribution in [2.24, 2.45) is 10.4 Å². The lowest BCUT2D eigenvalue weighted by molar-refractivity contribution is -0.138. The van der Waals surface area contributed by atoms with Gasteiger partial charge < -0.3 is 24.6 Å². The van der Waals surface area contributed by atoms with E-state index in [-0.39, 0.29) is 35.3 Å². The summed E-state index contributed by atoms with van der Waals surface area (Å²) in [6, 6.07) is 4.01. The monoisotopic (exact) mass is 546 g/mol. The molecule has 8 heteroatoms. The topological polar surface area (TPSA) is 66.4 Å². The summed E-state index contributed by atoms with van der Waals surface area (Å²) in [5.41, 5.74) is 1.90. The fraction of sp³-hybridized carbons (Fsp3) is 0.652. The molecule has 0 atom stereocenters. The van der Waals surface area contributed by atoms with Crippen LogP contribution in [0.4, 0.5) is 0 Å². The number of nitrogens with one attached hydrogen (secondary N) is 1. The van der Waals surface area contributed by atoms with Gasteiger partial charge in [0.2, 0.25) is 5.91 Å². The first-order valence-electron chi connectivity index (χ1n) is 10.7. The molecule has 0 unspecified atom stereocenters. The molecule has 0 spiro atoms. The standard InChI is InChI=1S/C23H38N4O3.HI/c1-8-24-22(25-16-23(11-9-10-12-23)21(28)26(3)4)27(5)15-18-14-20(30-7)19(29-6)13-17(18)2;/h13-14H,8-12,15-16H2,1-7H3,(H,24,25);1H. The quantitative estimate of drug-likeness (QED) is 0.306. The number of halogens is 1. The van der Waals surface area contributed by atoms with Crippen molar-refractivity contribution in [3.8, 4) is 11.5 Å². The molecule has 0 bridgehead atoms. The maximum absolute atomic E-state index is 12.9. The van der Waals surface area contributed by atoms with Crippen molar-refractivity contribution in [1.82, 2.24) is 15.1 Å². The Bertz CT molecular complexity index is 761. The van der Waals surface area contributed by atoms with Gasteiger partial charge in [0.15, 0.2) is 17.5 Å². The number of nitrogens with zero attached hydrogens (tertiary/aromatic N) is 3. The van der Waals surface area contributed by atoms with Crippen LogP contribution in [-0.2, 0) is 11.3 Å². The van der Waals surface area contributed by atoms with Crippen LogP contribution in [0.15, 0.2) is 17.1 Å². The maximum atomic E-state index is 12.9. The van der Waals surface area contributed by atoms with Crippen LogP contribution in [-0.4, -0.2) is 70.1 Å². The third kappa shape index (κ3) is 6.63. The molecule has 0 aliphatic heterocycles. The predicted octanol–water partition coefficient (Wildman–Crippen LogP) is 3.68. The Labute approximate surface area is 204 Å². The van der Waals surface area contributed by atoms with Gasteiger partial charge in [0.25, 0.3) is 0 Å². The van der Waals surface area contributed by atoms with Gasteiger partial charge in [-0.3, -0.25) is 9.79 Å². The molecule has 1 aliphatic carbocycles. The van der Waals surface area contributed by atoms with Crippen molar-refractivity contribution in [3.05, 3.63) is 23.3 Å². The average Bonchev–Trinajstić information content (AvgIpc) is 3.21. The zero-order valence-electron chi connectivity index (χ0n) is 20.1. The fourth-order valence-electron chi connectivity index (χ4n) is 4.19. The van der Waals surface area contributed by atoms with Crippen LogP contribution < -0.4 is 14.8 Å². The van der Waals surface area contributed by atoms with Gasteiger partial charge in [-0.05, 0) is 49.9 Å².